The van der Waals surface area contributed by atoms with Gasteiger partial charge in [0.25, 0.3) is 0 Å². The Balaban J connectivity index is 2.25. The number of nitrogens with zero attached hydrogens (tertiary/aromatic N) is 4. The largest absolute Gasteiger partial charge is 0.379 e. The van der Waals surface area contributed by atoms with E-state index in [0.717, 1.165) is 26.1 Å². The molecular formula is C12H23N7O. The molecule has 1 aromatic heterocycles. The number of nitrogens with two attached hydrogens (primary N) is 1. The molecule has 8 heteroatoms. The third kappa shape index (κ3) is 3.26. The van der Waals surface area contributed by atoms with E-state index in [1.165, 1.54) is 0 Å². The Morgan fingerprint density at radius 3 is 2.50 bits per heavy atom. The van der Waals surface area contributed by atoms with Crippen molar-refractivity contribution in [3.8, 4) is 0 Å². The summed E-state index contributed by atoms with van der Waals surface area (Å²) >= 11 is 0. The molecule has 1 aliphatic rings. The van der Waals surface area contributed by atoms with Crippen LogP contribution in [0.2, 0.25) is 0 Å². The van der Waals surface area contributed by atoms with Crippen LogP contribution in [0.15, 0.2) is 0 Å². The smallest absolute Gasteiger partial charge is 0.243 e. The van der Waals surface area contributed by atoms with E-state index in [2.05, 4.69) is 46.5 Å². The van der Waals surface area contributed by atoms with Crippen LogP contribution in [0, 0.1) is 0 Å². The van der Waals surface area contributed by atoms with Crippen molar-refractivity contribution in [2.24, 2.45) is 5.84 Å². The second-order valence-corrected chi connectivity index (χ2v) is 5.09. The van der Waals surface area contributed by atoms with Crippen molar-refractivity contribution in [1.29, 1.82) is 0 Å². The highest BCUT2D eigenvalue weighted by atomic mass is 16.5. The molecule has 0 radical (unpaired) electrons. The number of hydrogen-bond acceptors (Lipinski definition) is 8. The highest BCUT2D eigenvalue weighted by molar-refractivity contribution is 5.44. The number of anilines is 3. The first-order chi connectivity index (χ1) is 9.60. The van der Waals surface area contributed by atoms with Gasteiger partial charge >= 0.3 is 0 Å². The van der Waals surface area contributed by atoms with Gasteiger partial charge in [0.1, 0.15) is 0 Å². The van der Waals surface area contributed by atoms with E-state index in [-0.39, 0.29) is 5.54 Å². The van der Waals surface area contributed by atoms with Crippen molar-refractivity contribution >= 4 is 17.8 Å². The Kier molecular flexibility index (Phi) is 4.56. The summed E-state index contributed by atoms with van der Waals surface area (Å²) in [5.41, 5.74) is 2.34. The Hall–Kier alpha value is -1.67. The van der Waals surface area contributed by atoms with Crippen molar-refractivity contribution in [2.45, 2.75) is 32.7 Å². The van der Waals surface area contributed by atoms with Gasteiger partial charge in [0.15, 0.2) is 0 Å². The molecule has 4 N–H and O–H groups in total. The average molecular weight is 281 g/mol. The van der Waals surface area contributed by atoms with Gasteiger partial charge in [0.2, 0.25) is 17.8 Å². The summed E-state index contributed by atoms with van der Waals surface area (Å²) in [5.74, 6) is 6.92. The summed E-state index contributed by atoms with van der Waals surface area (Å²) in [6.07, 6.45) is 0.921. The quantitative estimate of drug-likeness (QED) is 0.514. The number of hydrazine groups is 1. The molecule has 20 heavy (non-hydrogen) atoms. The fraction of sp³-hybridized carbons (Fsp3) is 0.750. The topological polar surface area (TPSA) is 101 Å². The van der Waals surface area contributed by atoms with E-state index >= 15 is 0 Å². The molecule has 8 nitrogen and oxygen atoms in total. The minimum Gasteiger partial charge on any atom is -0.379 e. The highest BCUT2D eigenvalue weighted by Crippen LogP contribution is 2.23. The molecule has 0 spiro atoms. The van der Waals surface area contributed by atoms with Crippen molar-refractivity contribution in [3.05, 3.63) is 0 Å². The number of rotatable bonds is 6. The van der Waals surface area contributed by atoms with E-state index in [1.807, 2.05) is 4.90 Å². The fourth-order valence-electron chi connectivity index (χ4n) is 2.17. The van der Waals surface area contributed by atoms with Gasteiger partial charge in [-0.1, -0.05) is 0 Å². The molecule has 112 valence electrons. The third-order valence-electron chi connectivity index (χ3n) is 3.43. The third-order valence-corrected chi connectivity index (χ3v) is 3.43. The summed E-state index contributed by atoms with van der Waals surface area (Å²) in [4.78, 5) is 15.1. The number of aromatic nitrogens is 3. The molecule has 1 aromatic rings. The van der Waals surface area contributed by atoms with Gasteiger partial charge in [0, 0.05) is 19.7 Å². The van der Waals surface area contributed by atoms with Crippen LogP contribution in [-0.2, 0) is 4.74 Å². The minimum absolute atomic E-state index is 0.145. The zero-order chi connectivity index (χ0) is 14.6. The van der Waals surface area contributed by atoms with Crippen molar-refractivity contribution < 1.29 is 4.74 Å². The molecule has 2 heterocycles. The molecule has 0 saturated carbocycles. The van der Waals surface area contributed by atoms with Crippen LogP contribution in [0.25, 0.3) is 0 Å². The summed E-state index contributed by atoms with van der Waals surface area (Å²) in [6.45, 7) is 9.25. The van der Waals surface area contributed by atoms with E-state index in [0.29, 0.717) is 24.5 Å². The lowest BCUT2D eigenvalue weighted by Gasteiger charge is -2.25. The van der Waals surface area contributed by atoms with Crippen LogP contribution in [0.3, 0.4) is 0 Å². The first-order valence-corrected chi connectivity index (χ1v) is 6.94. The van der Waals surface area contributed by atoms with Crippen molar-refractivity contribution in [2.75, 3.05) is 41.9 Å². The molecule has 0 aliphatic carbocycles. The fourth-order valence-corrected chi connectivity index (χ4v) is 2.17. The molecule has 1 atom stereocenters. The monoisotopic (exact) mass is 281 g/mol. The predicted octanol–water partition coefficient (Wildman–Crippen LogP) is 0.594. The SMILES string of the molecule is CCN(CC)c1nc(NN)nc(NC2(C)CCOC2)n1. The van der Waals surface area contributed by atoms with E-state index < -0.39 is 0 Å². The van der Waals surface area contributed by atoms with Gasteiger partial charge in [-0.3, -0.25) is 5.43 Å². The van der Waals surface area contributed by atoms with Crippen LogP contribution >= 0.6 is 0 Å². The summed E-state index contributed by atoms with van der Waals surface area (Å²) in [5, 5.41) is 3.33. The van der Waals surface area contributed by atoms with Gasteiger partial charge in [-0.2, -0.15) is 15.0 Å². The maximum Gasteiger partial charge on any atom is 0.243 e. The number of nitrogen functional groups attached to an aromatic ring is 1. The molecule has 0 aromatic carbocycles. The van der Waals surface area contributed by atoms with Crippen LogP contribution < -0.4 is 21.5 Å². The summed E-state index contributed by atoms with van der Waals surface area (Å²) in [7, 11) is 0. The Morgan fingerprint density at radius 2 is 1.95 bits per heavy atom. The van der Waals surface area contributed by atoms with Crippen molar-refractivity contribution in [3.63, 3.8) is 0 Å². The second-order valence-electron chi connectivity index (χ2n) is 5.09. The lowest BCUT2D eigenvalue weighted by Crippen LogP contribution is -2.36. The molecular weight excluding hydrogens is 258 g/mol. The maximum absolute atomic E-state index is 5.44. The van der Waals surface area contributed by atoms with Gasteiger partial charge in [-0.25, -0.2) is 5.84 Å². The lowest BCUT2D eigenvalue weighted by molar-refractivity contribution is 0.185. The molecule has 1 aliphatic heterocycles. The molecule has 0 amide bonds. The van der Waals surface area contributed by atoms with E-state index in [9.17, 15) is 0 Å². The van der Waals surface area contributed by atoms with Crippen LogP contribution in [0.5, 0.6) is 0 Å². The van der Waals surface area contributed by atoms with Crippen LogP contribution in [0.4, 0.5) is 17.8 Å². The Labute approximate surface area is 119 Å². The van der Waals surface area contributed by atoms with Crippen LogP contribution in [0.1, 0.15) is 27.2 Å². The predicted molar refractivity (Wildman–Crippen MR) is 78.7 cm³/mol. The van der Waals surface area contributed by atoms with E-state index in [1.54, 1.807) is 0 Å². The highest BCUT2D eigenvalue weighted by Gasteiger charge is 2.30. The minimum atomic E-state index is -0.145. The normalized spacial score (nSPS) is 21.8. The average Bonchev–Trinajstić information content (AvgIpc) is 2.86. The Bertz CT molecular complexity index is 443. The second kappa shape index (κ2) is 6.19. The van der Waals surface area contributed by atoms with Gasteiger partial charge < -0.3 is 15.0 Å². The Morgan fingerprint density at radius 1 is 1.25 bits per heavy atom. The molecule has 1 saturated heterocycles. The summed E-state index contributed by atoms with van der Waals surface area (Å²) < 4.78 is 5.42. The molecule has 0 bridgehead atoms. The maximum atomic E-state index is 5.44. The van der Waals surface area contributed by atoms with Crippen LogP contribution in [-0.4, -0.2) is 46.8 Å². The lowest BCUT2D eigenvalue weighted by atomic mass is 10.0. The first kappa shape index (κ1) is 14.7. The molecule has 1 unspecified atom stereocenters. The van der Waals surface area contributed by atoms with Gasteiger partial charge in [-0.15, -0.1) is 0 Å². The van der Waals surface area contributed by atoms with Gasteiger partial charge in [-0.05, 0) is 27.2 Å². The number of hydrogen-bond donors (Lipinski definition) is 3. The van der Waals surface area contributed by atoms with Gasteiger partial charge in [0.05, 0.1) is 12.1 Å². The standard InChI is InChI=1S/C12H23N7O/c1-4-19(5-2)11-15-9(14-10(16-11)18-13)17-12(3)6-7-20-8-12/h4-8,13H2,1-3H3,(H2,14,15,16,17,18). The van der Waals surface area contributed by atoms with E-state index in [4.69, 9.17) is 10.6 Å². The zero-order valence-corrected chi connectivity index (χ0v) is 12.3. The van der Waals surface area contributed by atoms with Crippen molar-refractivity contribution in [1.82, 2.24) is 15.0 Å². The molecule has 1 fully saturated rings. The molecule has 2 rings (SSSR count). The zero-order valence-electron chi connectivity index (χ0n) is 12.3. The number of ether oxygens (including phenoxy) is 1. The number of nitrogens with one attached hydrogen (secondary N) is 2. The first-order valence-electron chi connectivity index (χ1n) is 6.94. The summed E-state index contributed by atoms with van der Waals surface area (Å²) in [6, 6.07) is 0.